The van der Waals surface area contributed by atoms with Crippen LogP contribution in [0.3, 0.4) is 0 Å². The topological polar surface area (TPSA) is 55.3 Å². The second kappa shape index (κ2) is 5.20. The fourth-order valence-corrected chi connectivity index (χ4v) is 2.78. The van der Waals surface area contributed by atoms with E-state index in [2.05, 4.69) is 15.7 Å². The minimum Gasteiger partial charge on any atom is -0.488 e. The molecule has 20 heavy (non-hydrogen) atoms. The van der Waals surface area contributed by atoms with Gasteiger partial charge in [-0.05, 0) is 30.1 Å². The van der Waals surface area contributed by atoms with Gasteiger partial charge in [-0.25, -0.2) is 0 Å². The molecule has 6 heteroatoms. The molecule has 3 rings (SSSR count). The predicted octanol–water partition coefficient (Wildman–Crippen LogP) is 2.00. The molecule has 0 saturated heterocycles. The zero-order valence-electron chi connectivity index (χ0n) is 11.3. The van der Waals surface area contributed by atoms with Crippen LogP contribution in [0.4, 0.5) is 0 Å². The van der Waals surface area contributed by atoms with E-state index in [0.717, 1.165) is 12.2 Å². The van der Waals surface area contributed by atoms with E-state index in [1.54, 1.807) is 17.3 Å². The Kier molecular flexibility index (Phi) is 3.40. The van der Waals surface area contributed by atoms with Gasteiger partial charge in [0.15, 0.2) is 5.69 Å². The van der Waals surface area contributed by atoms with Gasteiger partial charge in [-0.3, -0.25) is 4.79 Å². The summed E-state index contributed by atoms with van der Waals surface area (Å²) in [7, 11) is 1.78. The third-order valence-electron chi connectivity index (χ3n) is 3.72. The van der Waals surface area contributed by atoms with Crippen LogP contribution in [0, 0.1) is 0 Å². The van der Waals surface area contributed by atoms with E-state index < -0.39 is 0 Å². The van der Waals surface area contributed by atoms with Gasteiger partial charge in [-0.15, -0.1) is 5.10 Å². The molecule has 0 saturated carbocycles. The minimum atomic E-state index is -0.120. The van der Waals surface area contributed by atoms with E-state index in [0.29, 0.717) is 5.69 Å². The Morgan fingerprint density at radius 1 is 1.50 bits per heavy atom. The molecule has 0 radical (unpaired) electrons. The summed E-state index contributed by atoms with van der Waals surface area (Å²) in [6, 6.07) is 7.96. The van der Waals surface area contributed by atoms with E-state index in [1.807, 2.05) is 25.1 Å². The number of rotatable bonds is 3. The van der Waals surface area contributed by atoms with Gasteiger partial charge in [0, 0.05) is 18.8 Å². The molecule has 1 aliphatic rings. The summed E-state index contributed by atoms with van der Waals surface area (Å²) in [5.41, 5.74) is 1.58. The van der Waals surface area contributed by atoms with Crippen molar-refractivity contribution >= 4 is 17.4 Å². The molecule has 2 aromatic rings. The van der Waals surface area contributed by atoms with E-state index in [4.69, 9.17) is 4.74 Å². The molecule has 2 heterocycles. The van der Waals surface area contributed by atoms with Gasteiger partial charge in [0.05, 0.1) is 6.04 Å². The van der Waals surface area contributed by atoms with Crippen LogP contribution < -0.4 is 4.74 Å². The fourth-order valence-electron chi connectivity index (χ4n) is 2.35. The monoisotopic (exact) mass is 289 g/mol. The van der Waals surface area contributed by atoms with Crippen molar-refractivity contribution in [3.05, 3.63) is 40.9 Å². The quantitative estimate of drug-likeness (QED) is 0.867. The van der Waals surface area contributed by atoms with Crippen molar-refractivity contribution in [2.75, 3.05) is 7.05 Å². The zero-order valence-corrected chi connectivity index (χ0v) is 12.1. The smallest absolute Gasteiger partial charge is 0.275 e. The molecular formula is C14H15N3O2S. The molecule has 1 aliphatic heterocycles. The van der Waals surface area contributed by atoms with Crippen LogP contribution in [0.15, 0.2) is 29.6 Å². The van der Waals surface area contributed by atoms with Gasteiger partial charge in [-0.2, -0.15) is 0 Å². The number of carbonyl (C=O) groups excluding carboxylic acids is 1. The number of hydrogen-bond acceptors (Lipinski definition) is 5. The van der Waals surface area contributed by atoms with Crippen LogP contribution in [0.5, 0.6) is 5.75 Å². The van der Waals surface area contributed by atoms with Crippen molar-refractivity contribution in [3.8, 4) is 5.75 Å². The number of nitrogens with zero attached hydrogens (tertiary/aromatic N) is 3. The molecule has 0 bridgehead atoms. The van der Waals surface area contributed by atoms with Crippen LogP contribution in [0.25, 0.3) is 0 Å². The predicted molar refractivity (Wildman–Crippen MR) is 76.0 cm³/mol. The molecule has 0 aliphatic carbocycles. The maximum absolute atomic E-state index is 12.3. The Balaban J connectivity index is 1.71. The van der Waals surface area contributed by atoms with Gasteiger partial charge < -0.3 is 9.64 Å². The number of ether oxygens (including phenoxy) is 1. The maximum Gasteiger partial charge on any atom is 0.275 e. The number of fused-ring (bicyclic) bond motifs is 1. The lowest BCUT2D eigenvalue weighted by Gasteiger charge is -2.28. The van der Waals surface area contributed by atoms with Gasteiger partial charge in [0.2, 0.25) is 0 Å². The van der Waals surface area contributed by atoms with Crippen molar-refractivity contribution in [1.82, 2.24) is 14.5 Å². The minimum absolute atomic E-state index is 0.0204. The second-order valence-electron chi connectivity index (χ2n) is 4.91. The first-order chi connectivity index (χ1) is 9.66. The SMILES string of the molecule is CC(C1Cc2ccccc2O1)N(C)C(=O)c1csnn1. The maximum atomic E-state index is 12.3. The fraction of sp³-hybridized carbons (Fsp3) is 0.357. The lowest BCUT2D eigenvalue weighted by molar-refractivity contribution is 0.0593. The first-order valence-electron chi connectivity index (χ1n) is 6.45. The number of aromatic nitrogens is 2. The average molecular weight is 289 g/mol. The summed E-state index contributed by atoms with van der Waals surface area (Å²) < 4.78 is 9.66. The molecular weight excluding hydrogens is 274 g/mol. The van der Waals surface area contributed by atoms with E-state index in [9.17, 15) is 4.79 Å². The number of amides is 1. The molecule has 1 amide bonds. The molecule has 104 valence electrons. The lowest BCUT2D eigenvalue weighted by atomic mass is 10.0. The van der Waals surface area contributed by atoms with Gasteiger partial charge in [0.25, 0.3) is 5.91 Å². The van der Waals surface area contributed by atoms with Gasteiger partial charge in [0.1, 0.15) is 11.9 Å². The van der Waals surface area contributed by atoms with Crippen LogP contribution in [-0.4, -0.2) is 39.6 Å². The molecule has 0 fully saturated rings. The highest BCUT2D eigenvalue weighted by molar-refractivity contribution is 7.03. The number of hydrogen-bond donors (Lipinski definition) is 0. The van der Waals surface area contributed by atoms with Crippen LogP contribution in [0.1, 0.15) is 23.0 Å². The summed E-state index contributed by atoms with van der Waals surface area (Å²) in [6.45, 7) is 1.99. The van der Waals surface area contributed by atoms with Gasteiger partial charge >= 0.3 is 0 Å². The second-order valence-corrected chi connectivity index (χ2v) is 5.52. The Hall–Kier alpha value is -1.95. The highest BCUT2D eigenvalue weighted by Gasteiger charge is 2.32. The largest absolute Gasteiger partial charge is 0.488 e. The number of likely N-dealkylation sites (N-methyl/N-ethyl adjacent to an activating group) is 1. The molecule has 1 aromatic heterocycles. The van der Waals surface area contributed by atoms with Crippen molar-refractivity contribution < 1.29 is 9.53 Å². The zero-order chi connectivity index (χ0) is 14.1. The molecule has 0 N–H and O–H groups in total. The summed E-state index contributed by atoms with van der Waals surface area (Å²) in [5, 5.41) is 5.48. The third-order valence-corrected chi connectivity index (χ3v) is 4.23. The summed E-state index contributed by atoms with van der Waals surface area (Å²) in [4.78, 5) is 13.9. The van der Waals surface area contributed by atoms with E-state index >= 15 is 0 Å². The summed E-state index contributed by atoms with van der Waals surface area (Å²) in [5.74, 6) is 0.798. The first-order valence-corrected chi connectivity index (χ1v) is 7.29. The van der Waals surface area contributed by atoms with E-state index in [1.165, 1.54) is 17.1 Å². The van der Waals surface area contributed by atoms with E-state index in [-0.39, 0.29) is 18.1 Å². The third kappa shape index (κ3) is 2.27. The first kappa shape index (κ1) is 13.1. The Labute approximate surface area is 121 Å². The van der Waals surface area contributed by atoms with Crippen molar-refractivity contribution in [3.63, 3.8) is 0 Å². The van der Waals surface area contributed by atoms with Crippen molar-refractivity contribution in [2.24, 2.45) is 0 Å². The van der Waals surface area contributed by atoms with Crippen LogP contribution >= 0.6 is 11.5 Å². The summed E-state index contributed by atoms with van der Waals surface area (Å²) >= 11 is 1.18. The van der Waals surface area contributed by atoms with Crippen molar-refractivity contribution in [2.45, 2.75) is 25.5 Å². The Morgan fingerprint density at radius 2 is 2.30 bits per heavy atom. The highest BCUT2D eigenvalue weighted by atomic mass is 32.1. The highest BCUT2D eigenvalue weighted by Crippen LogP contribution is 2.30. The molecule has 2 atom stereocenters. The number of carbonyl (C=O) groups is 1. The molecule has 0 spiro atoms. The molecule has 5 nitrogen and oxygen atoms in total. The Bertz CT molecular complexity index is 590. The number of para-hydroxylation sites is 1. The average Bonchev–Trinajstić information content (AvgIpc) is 3.13. The van der Waals surface area contributed by atoms with Crippen molar-refractivity contribution in [1.29, 1.82) is 0 Å². The Morgan fingerprint density at radius 3 is 3.00 bits per heavy atom. The molecule has 2 unspecified atom stereocenters. The standard InChI is InChI=1S/C14H15N3O2S/c1-9(17(2)14(18)11-8-20-16-15-11)13-7-10-5-3-4-6-12(10)19-13/h3-6,8-9,13H,7H2,1-2H3. The number of benzene rings is 1. The van der Waals surface area contributed by atoms with Crippen LogP contribution in [0.2, 0.25) is 0 Å². The van der Waals surface area contributed by atoms with Gasteiger partial charge in [-0.1, -0.05) is 22.7 Å². The summed E-state index contributed by atoms with van der Waals surface area (Å²) in [6.07, 6.45) is 0.803. The lowest BCUT2D eigenvalue weighted by Crippen LogP contribution is -2.44. The molecule has 1 aromatic carbocycles. The van der Waals surface area contributed by atoms with Crippen LogP contribution in [-0.2, 0) is 6.42 Å². The normalized spacial score (nSPS) is 18.2.